The van der Waals surface area contributed by atoms with Gasteiger partial charge in [0.2, 0.25) is 0 Å². The van der Waals surface area contributed by atoms with E-state index in [1.54, 1.807) is 33.0 Å². The molecule has 1 atom stereocenters. The average Bonchev–Trinajstić information content (AvgIpc) is 2.35. The number of carbonyl (C=O) groups is 2. The molecule has 0 aromatic carbocycles. The molecule has 0 spiro atoms. The largest absolute Gasteiger partial charge is 0.302 e. The van der Waals surface area contributed by atoms with Crippen molar-refractivity contribution in [1.82, 2.24) is 0 Å². The molecule has 0 aliphatic carbocycles. The fraction of sp³-hybridized carbons (Fsp3) is 0.357. The van der Waals surface area contributed by atoms with E-state index in [1.807, 2.05) is 6.92 Å². The summed E-state index contributed by atoms with van der Waals surface area (Å²) in [4.78, 5) is 26.8. The van der Waals surface area contributed by atoms with Crippen molar-refractivity contribution in [1.29, 1.82) is 0 Å². The fourth-order valence-corrected chi connectivity index (χ4v) is 1.29. The SMILES string of the molecule is C=C(C)/C(Br)=C\C=C(/C)C(=O)C(C=O)C(C)=NC. The van der Waals surface area contributed by atoms with Crippen LogP contribution in [0.3, 0.4) is 0 Å². The first-order valence-electron chi connectivity index (χ1n) is 5.47. The first-order valence-corrected chi connectivity index (χ1v) is 6.27. The van der Waals surface area contributed by atoms with E-state index < -0.39 is 5.92 Å². The number of carbonyl (C=O) groups excluding carboxylic acids is 2. The Labute approximate surface area is 117 Å². The third kappa shape index (κ3) is 4.92. The van der Waals surface area contributed by atoms with E-state index in [2.05, 4.69) is 27.5 Å². The van der Waals surface area contributed by atoms with Crippen LogP contribution in [0.5, 0.6) is 0 Å². The van der Waals surface area contributed by atoms with Crippen LogP contribution in [0.15, 0.2) is 39.4 Å². The van der Waals surface area contributed by atoms with Crippen LogP contribution >= 0.6 is 15.9 Å². The third-order valence-electron chi connectivity index (χ3n) is 2.50. The zero-order valence-electron chi connectivity index (χ0n) is 11.2. The summed E-state index contributed by atoms with van der Waals surface area (Å²) in [6.07, 6.45) is 4.04. The van der Waals surface area contributed by atoms with Crippen molar-refractivity contribution in [3.8, 4) is 0 Å². The van der Waals surface area contributed by atoms with Crippen LogP contribution in [0.4, 0.5) is 0 Å². The standard InChI is InChI=1S/C14H18BrNO2/c1-9(2)13(15)7-6-10(3)14(18)12(8-17)11(4)16-5/h6-8,12H,1H2,2-5H3/b10-6+,13-7+,16-11?. The summed E-state index contributed by atoms with van der Waals surface area (Å²) in [5.41, 5.74) is 1.89. The summed E-state index contributed by atoms with van der Waals surface area (Å²) < 4.78 is 0.818. The van der Waals surface area contributed by atoms with Crippen LogP contribution in [0.2, 0.25) is 0 Å². The molecule has 0 aliphatic rings. The Morgan fingerprint density at radius 1 is 1.28 bits per heavy atom. The molecule has 0 radical (unpaired) electrons. The van der Waals surface area contributed by atoms with E-state index in [-0.39, 0.29) is 5.78 Å². The number of aldehydes is 1. The second-order valence-electron chi connectivity index (χ2n) is 3.99. The van der Waals surface area contributed by atoms with Crippen molar-refractivity contribution in [2.75, 3.05) is 7.05 Å². The molecule has 0 N–H and O–H groups in total. The molecule has 0 saturated heterocycles. The minimum absolute atomic E-state index is 0.230. The predicted molar refractivity (Wildman–Crippen MR) is 79.2 cm³/mol. The van der Waals surface area contributed by atoms with Gasteiger partial charge in [-0.1, -0.05) is 28.6 Å². The maximum atomic E-state index is 12.0. The number of nitrogens with zero attached hydrogens (tertiary/aromatic N) is 1. The van der Waals surface area contributed by atoms with Crippen LogP contribution < -0.4 is 0 Å². The molecule has 0 saturated carbocycles. The van der Waals surface area contributed by atoms with Gasteiger partial charge in [-0.25, -0.2) is 0 Å². The Hall–Kier alpha value is -1.29. The molecule has 4 heteroatoms. The summed E-state index contributed by atoms with van der Waals surface area (Å²) >= 11 is 3.33. The summed E-state index contributed by atoms with van der Waals surface area (Å²) in [6.45, 7) is 8.97. The van der Waals surface area contributed by atoms with Gasteiger partial charge < -0.3 is 4.79 Å². The van der Waals surface area contributed by atoms with Gasteiger partial charge in [-0.15, -0.1) is 0 Å². The predicted octanol–water partition coefficient (Wildman–Crippen LogP) is 3.26. The summed E-state index contributed by atoms with van der Waals surface area (Å²) in [5.74, 6) is -1.02. The number of allylic oxidation sites excluding steroid dienone is 5. The van der Waals surface area contributed by atoms with Gasteiger partial charge in [0.1, 0.15) is 12.2 Å². The summed E-state index contributed by atoms with van der Waals surface area (Å²) in [5, 5.41) is 0. The molecule has 0 amide bonds. The lowest BCUT2D eigenvalue weighted by Crippen LogP contribution is -2.24. The smallest absolute Gasteiger partial charge is 0.174 e. The van der Waals surface area contributed by atoms with E-state index in [9.17, 15) is 9.59 Å². The van der Waals surface area contributed by atoms with Crippen molar-refractivity contribution >= 4 is 33.7 Å². The van der Waals surface area contributed by atoms with Gasteiger partial charge in [-0.2, -0.15) is 0 Å². The lowest BCUT2D eigenvalue weighted by atomic mass is 9.95. The van der Waals surface area contributed by atoms with Gasteiger partial charge in [0.15, 0.2) is 5.78 Å². The molecule has 3 nitrogen and oxygen atoms in total. The highest BCUT2D eigenvalue weighted by atomic mass is 79.9. The lowest BCUT2D eigenvalue weighted by molar-refractivity contribution is -0.122. The Morgan fingerprint density at radius 2 is 1.83 bits per heavy atom. The number of aliphatic imine (C=N–C) groups is 1. The highest BCUT2D eigenvalue weighted by molar-refractivity contribution is 9.12. The number of hydrogen-bond acceptors (Lipinski definition) is 3. The molecular formula is C14H18BrNO2. The van der Waals surface area contributed by atoms with Crippen molar-refractivity contribution in [3.05, 3.63) is 34.4 Å². The molecule has 98 valence electrons. The van der Waals surface area contributed by atoms with Crippen LogP contribution in [0, 0.1) is 5.92 Å². The van der Waals surface area contributed by atoms with Gasteiger partial charge >= 0.3 is 0 Å². The van der Waals surface area contributed by atoms with Gasteiger partial charge in [-0.3, -0.25) is 9.79 Å². The van der Waals surface area contributed by atoms with Gasteiger partial charge in [-0.05, 0) is 38.0 Å². The highest BCUT2D eigenvalue weighted by Gasteiger charge is 2.21. The zero-order valence-corrected chi connectivity index (χ0v) is 12.7. The van der Waals surface area contributed by atoms with Gasteiger partial charge in [0.25, 0.3) is 0 Å². The quantitative estimate of drug-likeness (QED) is 0.248. The van der Waals surface area contributed by atoms with Gasteiger partial charge in [0, 0.05) is 17.2 Å². The molecule has 0 aromatic rings. The second-order valence-corrected chi connectivity index (χ2v) is 4.84. The number of rotatable bonds is 6. The van der Waals surface area contributed by atoms with Crippen LogP contribution in [0.25, 0.3) is 0 Å². The minimum Gasteiger partial charge on any atom is -0.302 e. The van der Waals surface area contributed by atoms with Crippen molar-refractivity contribution in [2.45, 2.75) is 20.8 Å². The zero-order chi connectivity index (χ0) is 14.3. The molecule has 0 aromatic heterocycles. The lowest BCUT2D eigenvalue weighted by Gasteiger charge is -2.08. The van der Waals surface area contributed by atoms with E-state index in [1.165, 1.54) is 0 Å². The van der Waals surface area contributed by atoms with Crippen molar-refractivity contribution in [3.63, 3.8) is 0 Å². The number of ketones is 1. The normalized spacial score (nSPS) is 15.3. The summed E-state index contributed by atoms with van der Waals surface area (Å²) in [7, 11) is 1.57. The minimum atomic E-state index is -0.789. The van der Waals surface area contributed by atoms with Crippen LogP contribution in [-0.2, 0) is 9.59 Å². The maximum absolute atomic E-state index is 12.0. The van der Waals surface area contributed by atoms with Crippen molar-refractivity contribution < 1.29 is 9.59 Å². The molecular weight excluding hydrogens is 294 g/mol. The Bertz CT molecular complexity index is 445. The van der Waals surface area contributed by atoms with Crippen molar-refractivity contribution in [2.24, 2.45) is 10.9 Å². The average molecular weight is 312 g/mol. The first-order chi connectivity index (χ1) is 8.34. The molecule has 18 heavy (non-hydrogen) atoms. The molecule has 0 bridgehead atoms. The Morgan fingerprint density at radius 3 is 2.22 bits per heavy atom. The number of halogens is 1. The third-order valence-corrected chi connectivity index (χ3v) is 3.44. The topological polar surface area (TPSA) is 46.5 Å². The van der Waals surface area contributed by atoms with Crippen LogP contribution in [0.1, 0.15) is 20.8 Å². The maximum Gasteiger partial charge on any atom is 0.174 e. The molecule has 0 rings (SSSR count). The number of Topliss-reactive ketones (excluding diaryl/α,β-unsaturated/α-hetero) is 1. The Kier molecular flexibility index (Phi) is 7.36. The molecule has 1 unspecified atom stereocenters. The second kappa shape index (κ2) is 7.93. The number of hydrogen-bond donors (Lipinski definition) is 0. The van der Waals surface area contributed by atoms with E-state index in [0.717, 1.165) is 10.1 Å². The monoisotopic (exact) mass is 311 g/mol. The highest BCUT2D eigenvalue weighted by Crippen LogP contribution is 2.15. The molecule has 0 fully saturated rings. The first kappa shape index (κ1) is 16.7. The molecule has 0 heterocycles. The summed E-state index contributed by atoms with van der Waals surface area (Å²) in [6, 6.07) is 0. The Balaban J connectivity index is 5.10. The van der Waals surface area contributed by atoms with E-state index in [0.29, 0.717) is 17.6 Å². The van der Waals surface area contributed by atoms with Gasteiger partial charge in [0.05, 0.1) is 0 Å². The van der Waals surface area contributed by atoms with E-state index >= 15 is 0 Å². The van der Waals surface area contributed by atoms with E-state index in [4.69, 9.17) is 0 Å². The molecule has 0 aliphatic heterocycles. The fourth-order valence-electron chi connectivity index (χ4n) is 1.16. The van der Waals surface area contributed by atoms with Crippen LogP contribution in [-0.4, -0.2) is 24.8 Å².